The number of aryl methyl sites for hydroxylation is 1. The summed E-state index contributed by atoms with van der Waals surface area (Å²) in [5.74, 6) is 1.19. The summed E-state index contributed by atoms with van der Waals surface area (Å²) in [6.07, 6.45) is 5.37. The predicted molar refractivity (Wildman–Crippen MR) is 98.0 cm³/mol. The molecule has 0 aliphatic carbocycles. The van der Waals surface area contributed by atoms with E-state index in [0.29, 0.717) is 17.5 Å². The molecule has 1 N–H and O–H groups in total. The molecule has 134 valence electrons. The summed E-state index contributed by atoms with van der Waals surface area (Å²) in [7, 11) is 0. The van der Waals surface area contributed by atoms with Crippen molar-refractivity contribution in [3.05, 3.63) is 29.7 Å². The Labute approximate surface area is 148 Å². The van der Waals surface area contributed by atoms with E-state index >= 15 is 0 Å². The second-order valence-corrected chi connectivity index (χ2v) is 6.69. The van der Waals surface area contributed by atoms with Crippen molar-refractivity contribution in [2.45, 2.75) is 52.5 Å². The molecule has 0 atom stereocenters. The molecule has 0 bridgehead atoms. The highest BCUT2D eigenvalue weighted by molar-refractivity contribution is 6.02. The van der Waals surface area contributed by atoms with Gasteiger partial charge in [0.05, 0.1) is 0 Å². The molecule has 0 saturated carbocycles. The van der Waals surface area contributed by atoms with E-state index in [1.165, 1.54) is 6.42 Å². The van der Waals surface area contributed by atoms with Crippen LogP contribution in [0.5, 0.6) is 0 Å². The Balaban J connectivity index is 1.85. The van der Waals surface area contributed by atoms with Crippen LogP contribution < -0.4 is 10.2 Å². The van der Waals surface area contributed by atoms with E-state index in [4.69, 9.17) is 0 Å². The normalized spacial score (nSPS) is 14.8. The van der Waals surface area contributed by atoms with Gasteiger partial charge in [-0.2, -0.15) is 5.10 Å². The lowest BCUT2D eigenvalue weighted by Gasteiger charge is -2.27. The first-order chi connectivity index (χ1) is 12.1. The molecule has 0 unspecified atom stereocenters. The number of piperidine rings is 1. The number of carbonyl (C=O) groups excluding carboxylic acids is 1. The Hall–Kier alpha value is -2.44. The summed E-state index contributed by atoms with van der Waals surface area (Å²) in [5, 5.41) is 7.12. The Kier molecular flexibility index (Phi) is 5.31. The Morgan fingerprint density at radius 1 is 1.24 bits per heavy atom. The molecule has 1 aliphatic rings. The molecule has 0 radical (unpaired) electrons. The monoisotopic (exact) mass is 342 g/mol. The molecular formula is C18H26N6O. The number of nitrogens with zero attached hydrogens (tertiary/aromatic N) is 5. The van der Waals surface area contributed by atoms with Gasteiger partial charge in [-0.05, 0) is 38.2 Å². The van der Waals surface area contributed by atoms with Gasteiger partial charge < -0.3 is 10.2 Å². The maximum atomic E-state index is 12.7. The van der Waals surface area contributed by atoms with Crippen molar-refractivity contribution in [1.29, 1.82) is 0 Å². The number of anilines is 2. The highest BCUT2D eigenvalue weighted by Gasteiger charge is 2.19. The third-order valence-corrected chi connectivity index (χ3v) is 4.40. The summed E-state index contributed by atoms with van der Waals surface area (Å²) in [6, 6.07) is 3.57. The van der Waals surface area contributed by atoms with Gasteiger partial charge in [0.2, 0.25) is 5.95 Å². The van der Waals surface area contributed by atoms with E-state index in [-0.39, 0.29) is 11.8 Å². The van der Waals surface area contributed by atoms with Crippen molar-refractivity contribution >= 4 is 17.7 Å². The summed E-state index contributed by atoms with van der Waals surface area (Å²) in [4.78, 5) is 24.0. The smallest absolute Gasteiger partial charge is 0.275 e. The zero-order chi connectivity index (χ0) is 17.8. The van der Waals surface area contributed by atoms with E-state index in [0.717, 1.165) is 38.2 Å². The van der Waals surface area contributed by atoms with Crippen LogP contribution in [-0.2, 0) is 6.54 Å². The van der Waals surface area contributed by atoms with Crippen molar-refractivity contribution in [1.82, 2.24) is 19.7 Å². The van der Waals surface area contributed by atoms with Crippen molar-refractivity contribution in [2.24, 2.45) is 0 Å². The number of hydrogen-bond donors (Lipinski definition) is 1. The van der Waals surface area contributed by atoms with E-state index in [9.17, 15) is 4.79 Å². The van der Waals surface area contributed by atoms with Crippen LogP contribution in [0, 0.1) is 0 Å². The van der Waals surface area contributed by atoms with Gasteiger partial charge in [0.25, 0.3) is 5.91 Å². The van der Waals surface area contributed by atoms with E-state index in [1.807, 2.05) is 13.1 Å². The third kappa shape index (κ3) is 4.15. The fourth-order valence-electron chi connectivity index (χ4n) is 2.89. The first kappa shape index (κ1) is 17.4. The van der Waals surface area contributed by atoms with Gasteiger partial charge in [-0.3, -0.25) is 9.48 Å². The minimum Gasteiger partial charge on any atom is -0.341 e. The summed E-state index contributed by atoms with van der Waals surface area (Å²) >= 11 is 0. The SMILES string of the molecule is CCn1ccc(NC(=O)c2cc(C(C)C)nc(N3CCCCC3)n2)n1. The van der Waals surface area contributed by atoms with Crippen molar-refractivity contribution < 1.29 is 4.79 Å². The van der Waals surface area contributed by atoms with Gasteiger partial charge in [-0.15, -0.1) is 0 Å². The molecule has 0 aromatic carbocycles. The zero-order valence-electron chi connectivity index (χ0n) is 15.2. The van der Waals surface area contributed by atoms with Gasteiger partial charge >= 0.3 is 0 Å². The van der Waals surface area contributed by atoms with Crippen LogP contribution in [0.25, 0.3) is 0 Å². The van der Waals surface area contributed by atoms with Crippen LogP contribution in [0.3, 0.4) is 0 Å². The molecular weight excluding hydrogens is 316 g/mol. The maximum absolute atomic E-state index is 12.7. The minimum absolute atomic E-state index is 0.234. The Morgan fingerprint density at radius 2 is 2.00 bits per heavy atom. The van der Waals surface area contributed by atoms with Crippen LogP contribution in [0.4, 0.5) is 11.8 Å². The average Bonchev–Trinajstić information content (AvgIpc) is 3.09. The second kappa shape index (κ2) is 7.63. The van der Waals surface area contributed by atoms with E-state index in [2.05, 4.69) is 39.1 Å². The lowest BCUT2D eigenvalue weighted by atomic mass is 10.1. The van der Waals surface area contributed by atoms with Gasteiger partial charge in [-0.25, -0.2) is 9.97 Å². The number of aromatic nitrogens is 4. The number of hydrogen-bond acceptors (Lipinski definition) is 5. The number of carbonyl (C=O) groups is 1. The van der Waals surface area contributed by atoms with Gasteiger partial charge in [0.1, 0.15) is 5.69 Å². The van der Waals surface area contributed by atoms with E-state index < -0.39 is 0 Å². The molecule has 0 spiro atoms. The van der Waals surface area contributed by atoms with Crippen LogP contribution in [0.15, 0.2) is 18.3 Å². The Morgan fingerprint density at radius 3 is 2.64 bits per heavy atom. The molecule has 1 saturated heterocycles. The van der Waals surface area contributed by atoms with Crippen LogP contribution in [0.1, 0.15) is 62.1 Å². The predicted octanol–water partition coefficient (Wildman–Crippen LogP) is 3.06. The summed E-state index contributed by atoms with van der Waals surface area (Å²) in [5.41, 5.74) is 1.28. The van der Waals surface area contributed by atoms with Crippen LogP contribution >= 0.6 is 0 Å². The molecule has 3 rings (SSSR count). The molecule has 7 nitrogen and oxygen atoms in total. The highest BCUT2D eigenvalue weighted by Crippen LogP contribution is 2.21. The Bertz CT molecular complexity index is 733. The van der Waals surface area contributed by atoms with Crippen LogP contribution in [0.2, 0.25) is 0 Å². The standard InChI is InChI=1S/C18H26N6O/c1-4-24-11-8-16(22-24)21-17(25)15-12-14(13(2)3)19-18(20-15)23-9-6-5-7-10-23/h8,11-13H,4-7,9-10H2,1-3H3,(H,21,22,25). The average molecular weight is 342 g/mol. The minimum atomic E-state index is -0.246. The van der Waals surface area contributed by atoms with Crippen molar-refractivity contribution in [3.63, 3.8) is 0 Å². The molecule has 1 aliphatic heterocycles. The summed E-state index contributed by atoms with van der Waals surface area (Å²) in [6.45, 7) is 8.82. The van der Waals surface area contributed by atoms with Crippen LogP contribution in [-0.4, -0.2) is 38.7 Å². The van der Waals surface area contributed by atoms with Crippen molar-refractivity contribution in [2.75, 3.05) is 23.3 Å². The zero-order valence-corrected chi connectivity index (χ0v) is 15.2. The largest absolute Gasteiger partial charge is 0.341 e. The first-order valence-corrected chi connectivity index (χ1v) is 9.05. The quantitative estimate of drug-likeness (QED) is 0.904. The maximum Gasteiger partial charge on any atom is 0.275 e. The first-order valence-electron chi connectivity index (χ1n) is 9.05. The number of rotatable bonds is 5. The van der Waals surface area contributed by atoms with Gasteiger partial charge in [0.15, 0.2) is 5.82 Å². The molecule has 1 fully saturated rings. The van der Waals surface area contributed by atoms with E-state index in [1.54, 1.807) is 16.8 Å². The molecule has 3 heterocycles. The molecule has 2 aromatic heterocycles. The lowest BCUT2D eigenvalue weighted by molar-refractivity contribution is 0.102. The highest BCUT2D eigenvalue weighted by atomic mass is 16.2. The number of nitrogens with one attached hydrogen (secondary N) is 1. The number of amides is 1. The fourth-order valence-corrected chi connectivity index (χ4v) is 2.89. The lowest BCUT2D eigenvalue weighted by Crippen LogP contribution is -2.32. The topological polar surface area (TPSA) is 75.9 Å². The molecule has 1 amide bonds. The molecule has 7 heteroatoms. The second-order valence-electron chi connectivity index (χ2n) is 6.69. The van der Waals surface area contributed by atoms with Crippen molar-refractivity contribution in [3.8, 4) is 0 Å². The van der Waals surface area contributed by atoms with Gasteiger partial charge in [-0.1, -0.05) is 13.8 Å². The van der Waals surface area contributed by atoms with Gasteiger partial charge in [0, 0.05) is 37.6 Å². The third-order valence-electron chi connectivity index (χ3n) is 4.40. The molecule has 2 aromatic rings. The fraction of sp³-hybridized carbons (Fsp3) is 0.556. The molecule has 25 heavy (non-hydrogen) atoms. The summed E-state index contributed by atoms with van der Waals surface area (Å²) < 4.78 is 1.77.